The summed E-state index contributed by atoms with van der Waals surface area (Å²) in [6.45, 7) is 10.4. The largest absolute Gasteiger partial charge is 0.389 e. The number of aliphatic hydroxyl groups is 1. The Bertz CT molecular complexity index is 470. The van der Waals surface area contributed by atoms with Gasteiger partial charge in [-0.05, 0) is 32.4 Å². The maximum atomic E-state index is 9.87. The Morgan fingerprint density at radius 1 is 1.19 bits per heavy atom. The van der Waals surface area contributed by atoms with Gasteiger partial charge in [-0.3, -0.25) is 4.90 Å². The summed E-state index contributed by atoms with van der Waals surface area (Å²) in [5, 5.41) is 13.1. The molecular weight excluding hydrogens is 292 g/mol. The molecule has 0 radical (unpaired) electrons. The molecule has 0 bridgehead atoms. The minimum absolute atomic E-state index is 0.204. The monoisotopic (exact) mass is 314 g/mol. The molecular formula is C13H23ClN6O. The highest BCUT2D eigenvalue weighted by molar-refractivity contribution is 6.28. The van der Waals surface area contributed by atoms with E-state index in [4.69, 9.17) is 11.6 Å². The number of piperazine rings is 1. The average molecular weight is 315 g/mol. The van der Waals surface area contributed by atoms with Gasteiger partial charge in [-0.25, -0.2) is 0 Å². The van der Waals surface area contributed by atoms with Crippen LogP contribution in [0.1, 0.15) is 20.8 Å². The summed E-state index contributed by atoms with van der Waals surface area (Å²) in [5.41, 5.74) is -0.670. The Balaban J connectivity index is 1.98. The Morgan fingerprint density at radius 3 is 2.43 bits per heavy atom. The zero-order chi connectivity index (χ0) is 15.5. The molecule has 0 aliphatic carbocycles. The second kappa shape index (κ2) is 6.72. The number of β-amino-alcohol motifs (C(OH)–C–C–N with tert-alkyl or cyclic N) is 1. The number of rotatable bonds is 5. The molecule has 8 heteroatoms. The maximum absolute atomic E-state index is 9.87. The Labute approximate surface area is 130 Å². The minimum atomic E-state index is -0.670. The van der Waals surface area contributed by atoms with Crippen molar-refractivity contribution >= 4 is 23.5 Å². The molecule has 7 nitrogen and oxygen atoms in total. The molecule has 0 atom stereocenters. The molecule has 0 aromatic carbocycles. The van der Waals surface area contributed by atoms with E-state index in [-0.39, 0.29) is 5.28 Å². The number of anilines is 2. The van der Waals surface area contributed by atoms with E-state index < -0.39 is 5.60 Å². The first-order valence-electron chi connectivity index (χ1n) is 7.22. The number of halogens is 1. The molecule has 2 rings (SSSR count). The highest BCUT2D eigenvalue weighted by atomic mass is 35.5. The highest BCUT2D eigenvalue weighted by Gasteiger charge is 2.24. The van der Waals surface area contributed by atoms with Crippen LogP contribution in [0.2, 0.25) is 5.28 Å². The van der Waals surface area contributed by atoms with Crippen LogP contribution in [-0.4, -0.2) is 69.8 Å². The van der Waals surface area contributed by atoms with E-state index in [1.165, 1.54) is 0 Å². The van der Waals surface area contributed by atoms with E-state index in [0.717, 1.165) is 32.7 Å². The summed E-state index contributed by atoms with van der Waals surface area (Å²) in [6, 6.07) is 0. The standard InChI is InChI=1S/C13H23ClN6O/c1-4-15-11-16-10(14)17-12(18-11)20-7-5-19(6-8-20)9-13(2,3)21/h21H,4-9H2,1-3H3,(H,15,16,17,18). The molecule has 118 valence electrons. The van der Waals surface area contributed by atoms with Crippen LogP contribution in [0.25, 0.3) is 0 Å². The third kappa shape index (κ3) is 4.94. The zero-order valence-electron chi connectivity index (χ0n) is 12.8. The molecule has 21 heavy (non-hydrogen) atoms. The molecule has 1 aliphatic heterocycles. The van der Waals surface area contributed by atoms with E-state index in [9.17, 15) is 5.11 Å². The van der Waals surface area contributed by atoms with Gasteiger partial charge in [0.1, 0.15) is 0 Å². The molecule has 1 fully saturated rings. The molecule has 1 aromatic rings. The summed E-state index contributed by atoms with van der Waals surface area (Å²) in [4.78, 5) is 17.0. The van der Waals surface area contributed by atoms with Crippen molar-refractivity contribution in [3.05, 3.63) is 5.28 Å². The molecule has 0 amide bonds. The van der Waals surface area contributed by atoms with Gasteiger partial charge in [-0.15, -0.1) is 0 Å². The van der Waals surface area contributed by atoms with Crippen LogP contribution in [-0.2, 0) is 0 Å². The zero-order valence-corrected chi connectivity index (χ0v) is 13.6. The van der Waals surface area contributed by atoms with Crippen molar-refractivity contribution in [2.45, 2.75) is 26.4 Å². The lowest BCUT2D eigenvalue weighted by Crippen LogP contribution is -2.51. The van der Waals surface area contributed by atoms with Crippen molar-refractivity contribution in [1.29, 1.82) is 0 Å². The van der Waals surface area contributed by atoms with Gasteiger partial charge in [0.05, 0.1) is 5.60 Å². The lowest BCUT2D eigenvalue weighted by Gasteiger charge is -2.37. The Morgan fingerprint density at radius 2 is 1.86 bits per heavy atom. The summed E-state index contributed by atoms with van der Waals surface area (Å²) >= 11 is 5.95. The average Bonchev–Trinajstić information content (AvgIpc) is 2.37. The fraction of sp³-hybridized carbons (Fsp3) is 0.769. The van der Waals surface area contributed by atoms with E-state index in [1.54, 1.807) is 0 Å². The normalized spacial score (nSPS) is 17.1. The SMILES string of the molecule is CCNc1nc(Cl)nc(N2CCN(CC(C)(C)O)CC2)n1. The third-order valence-electron chi connectivity index (χ3n) is 3.20. The van der Waals surface area contributed by atoms with Crippen LogP contribution in [0, 0.1) is 0 Å². The van der Waals surface area contributed by atoms with Crippen LogP contribution >= 0.6 is 11.6 Å². The van der Waals surface area contributed by atoms with Crippen LogP contribution < -0.4 is 10.2 Å². The number of hydrogen-bond donors (Lipinski definition) is 2. The summed E-state index contributed by atoms with van der Waals surface area (Å²) in [7, 11) is 0. The smallest absolute Gasteiger partial charge is 0.231 e. The van der Waals surface area contributed by atoms with Gasteiger partial charge >= 0.3 is 0 Å². The molecule has 1 aliphatic rings. The number of nitrogens with zero attached hydrogens (tertiary/aromatic N) is 5. The quantitative estimate of drug-likeness (QED) is 0.834. The molecule has 0 saturated carbocycles. The lowest BCUT2D eigenvalue weighted by atomic mass is 10.1. The van der Waals surface area contributed by atoms with Crippen LogP contribution in [0.5, 0.6) is 0 Å². The molecule has 0 spiro atoms. The minimum Gasteiger partial charge on any atom is -0.389 e. The van der Waals surface area contributed by atoms with Gasteiger partial charge in [-0.2, -0.15) is 15.0 Å². The summed E-state index contributed by atoms with van der Waals surface area (Å²) in [6.07, 6.45) is 0. The molecule has 1 aromatic heterocycles. The van der Waals surface area contributed by atoms with Crippen molar-refractivity contribution in [3.8, 4) is 0 Å². The fourth-order valence-corrected chi connectivity index (χ4v) is 2.53. The van der Waals surface area contributed by atoms with Crippen molar-refractivity contribution in [2.24, 2.45) is 0 Å². The first-order valence-corrected chi connectivity index (χ1v) is 7.60. The van der Waals surface area contributed by atoms with Crippen LogP contribution in [0.4, 0.5) is 11.9 Å². The van der Waals surface area contributed by atoms with Gasteiger partial charge in [0.15, 0.2) is 0 Å². The van der Waals surface area contributed by atoms with E-state index in [2.05, 4.69) is 30.1 Å². The molecule has 1 saturated heterocycles. The summed E-state index contributed by atoms with van der Waals surface area (Å²) < 4.78 is 0. The maximum Gasteiger partial charge on any atom is 0.231 e. The van der Waals surface area contributed by atoms with Crippen molar-refractivity contribution in [2.75, 3.05) is 49.5 Å². The second-order valence-corrected chi connectivity index (χ2v) is 6.17. The van der Waals surface area contributed by atoms with Crippen LogP contribution in [0.15, 0.2) is 0 Å². The molecule has 2 heterocycles. The second-order valence-electron chi connectivity index (χ2n) is 5.83. The number of nitrogens with one attached hydrogen (secondary N) is 1. The number of hydrogen-bond acceptors (Lipinski definition) is 7. The van der Waals surface area contributed by atoms with E-state index in [1.807, 2.05) is 20.8 Å². The fourth-order valence-electron chi connectivity index (χ4n) is 2.37. The third-order valence-corrected chi connectivity index (χ3v) is 3.37. The van der Waals surface area contributed by atoms with Gasteiger partial charge in [-0.1, -0.05) is 0 Å². The topological polar surface area (TPSA) is 77.4 Å². The Kier molecular flexibility index (Phi) is 5.18. The van der Waals surface area contributed by atoms with Gasteiger partial charge < -0.3 is 15.3 Å². The van der Waals surface area contributed by atoms with E-state index >= 15 is 0 Å². The first-order chi connectivity index (χ1) is 9.87. The Hall–Kier alpha value is -1.18. The predicted octanol–water partition coefficient (Wildman–Crippen LogP) is 0.850. The van der Waals surface area contributed by atoms with Crippen LogP contribution in [0.3, 0.4) is 0 Å². The number of aromatic nitrogens is 3. The highest BCUT2D eigenvalue weighted by Crippen LogP contribution is 2.16. The van der Waals surface area contributed by atoms with Gasteiger partial charge in [0.2, 0.25) is 17.2 Å². The van der Waals surface area contributed by atoms with Crippen molar-refractivity contribution in [1.82, 2.24) is 19.9 Å². The first kappa shape index (κ1) is 16.2. The predicted molar refractivity (Wildman–Crippen MR) is 84.0 cm³/mol. The molecule has 2 N–H and O–H groups in total. The van der Waals surface area contributed by atoms with Gasteiger partial charge in [0, 0.05) is 39.3 Å². The van der Waals surface area contributed by atoms with Gasteiger partial charge in [0.25, 0.3) is 0 Å². The summed E-state index contributed by atoms with van der Waals surface area (Å²) in [5.74, 6) is 1.11. The lowest BCUT2D eigenvalue weighted by molar-refractivity contribution is 0.0344. The van der Waals surface area contributed by atoms with E-state index in [0.29, 0.717) is 18.4 Å². The molecule has 0 unspecified atom stereocenters. The van der Waals surface area contributed by atoms with Crippen molar-refractivity contribution < 1.29 is 5.11 Å². The van der Waals surface area contributed by atoms with Crippen molar-refractivity contribution in [3.63, 3.8) is 0 Å².